The summed E-state index contributed by atoms with van der Waals surface area (Å²) < 4.78 is 5.23. The van der Waals surface area contributed by atoms with Gasteiger partial charge in [0.25, 0.3) is 5.56 Å². The molecule has 4 N–H and O–H groups in total. The fourth-order valence-electron chi connectivity index (χ4n) is 3.47. The van der Waals surface area contributed by atoms with E-state index in [0.717, 1.165) is 17.7 Å². The SMILES string of the molecule is CCOC(=O)C1=c2ccccc2=NC1=Cc1c(CCc2ccc(N)cc2)[nH][nH]c1=O. The topological polar surface area (TPSA) is 113 Å². The molecule has 30 heavy (non-hydrogen) atoms. The molecule has 0 fully saturated rings. The molecule has 3 aromatic rings. The van der Waals surface area contributed by atoms with E-state index in [2.05, 4.69) is 15.2 Å². The largest absolute Gasteiger partial charge is 0.462 e. The lowest BCUT2D eigenvalue weighted by Crippen LogP contribution is -2.25. The van der Waals surface area contributed by atoms with Gasteiger partial charge in [0, 0.05) is 16.6 Å². The van der Waals surface area contributed by atoms with Crippen molar-refractivity contribution in [2.45, 2.75) is 19.8 Å². The molecule has 1 aromatic heterocycles. The molecule has 0 atom stereocenters. The minimum absolute atomic E-state index is 0.259. The minimum atomic E-state index is -0.451. The van der Waals surface area contributed by atoms with E-state index >= 15 is 0 Å². The Balaban J connectivity index is 1.70. The molecule has 1 aliphatic rings. The Morgan fingerprint density at radius 2 is 1.87 bits per heavy atom. The highest BCUT2D eigenvalue weighted by Gasteiger charge is 2.22. The molecule has 0 saturated carbocycles. The summed E-state index contributed by atoms with van der Waals surface area (Å²) in [5, 5.41) is 6.97. The Bertz CT molecular complexity index is 1300. The number of hydrogen-bond acceptors (Lipinski definition) is 5. The van der Waals surface area contributed by atoms with Crippen LogP contribution in [0.5, 0.6) is 0 Å². The van der Waals surface area contributed by atoms with E-state index < -0.39 is 5.97 Å². The quantitative estimate of drug-likeness (QED) is 0.428. The number of nitrogens with one attached hydrogen (secondary N) is 2. The molecule has 2 heterocycles. The van der Waals surface area contributed by atoms with Gasteiger partial charge in [-0.3, -0.25) is 9.89 Å². The van der Waals surface area contributed by atoms with Crippen LogP contribution >= 0.6 is 0 Å². The van der Waals surface area contributed by atoms with Crippen LogP contribution in [0.2, 0.25) is 0 Å². The molecule has 0 bridgehead atoms. The van der Waals surface area contributed by atoms with Crippen molar-refractivity contribution in [3.8, 4) is 0 Å². The molecule has 1 aliphatic heterocycles. The molecule has 4 rings (SSSR count). The van der Waals surface area contributed by atoms with Gasteiger partial charge in [-0.05, 0) is 49.6 Å². The maximum Gasteiger partial charge on any atom is 0.341 e. The molecular weight excluding hydrogens is 380 g/mol. The van der Waals surface area contributed by atoms with Crippen molar-refractivity contribution < 1.29 is 9.53 Å². The standard InChI is InChI=1S/C23H22N4O3/c1-2-30-23(29)21-16-5-3-4-6-18(16)25-20(21)13-17-19(26-27-22(17)28)12-9-14-7-10-15(24)11-8-14/h3-8,10-11,13H,2,9,12,24H2,1H3,(H2,26,27,28). The zero-order valence-corrected chi connectivity index (χ0v) is 16.6. The van der Waals surface area contributed by atoms with E-state index in [4.69, 9.17) is 10.5 Å². The summed E-state index contributed by atoms with van der Waals surface area (Å²) in [5.74, 6) is -0.451. The Hall–Kier alpha value is -3.87. The van der Waals surface area contributed by atoms with E-state index in [1.54, 1.807) is 13.0 Å². The summed E-state index contributed by atoms with van der Waals surface area (Å²) in [7, 11) is 0. The molecule has 0 aliphatic carbocycles. The highest BCUT2D eigenvalue weighted by molar-refractivity contribution is 6.17. The fraction of sp³-hybridized carbons (Fsp3) is 0.174. The van der Waals surface area contributed by atoms with E-state index in [-0.39, 0.29) is 12.2 Å². The van der Waals surface area contributed by atoms with Crippen LogP contribution in [0.1, 0.15) is 23.7 Å². The van der Waals surface area contributed by atoms with E-state index in [0.29, 0.717) is 39.5 Å². The fourth-order valence-corrected chi connectivity index (χ4v) is 3.47. The van der Waals surface area contributed by atoms with Crippen LogP contribution in [-0.2, 0) is 22.4 Å². The predicted molar refractivity (Wildman–Crippen MR) is 115 cm³/mol. The number of benzene rings is 2. The van der Waals surface area contributed by atoms with Crippen LogP contribution in [0.3, 0.4) is 0 Å². The third-order valence-corrected chi connectivity index (χ3v) is 4.97. The molecule has 7 heteroatoms. The van der Waals surface area contributed by atoms with Gasteiger partial charge in [0.15, 0.2) is 0 Å². The van der Waals surface area contributed by atoms with Gasteiger partial charge in [-0.2, -0.15) is 0 Å². The number of ether oxygens (including phenoxy) is 1. The second kappa shape index (κ2) is 8.24. The molecule has 2 aromatic carbocycles. The smallest absolute Gasteiger partial charge is 0.341 e. The van der Waals surface area contributed by atoms with E-state index in [9.17, 15) is 9.59 Å². The Morgan fingerprint density at radius 3 is 2.63 bits per heavy atom. The van der Waals surface area contributed by atoms with Gasteiger partial charge >= 0.3 is 5.97 Å². The molecule has 0 saturated heterocycles. The molecule has 152 valence electrons. The van der Waals surface area contributed by atoms with Gasteiger partial charge in [-0.1, -0.05) is 30.3 Å². The van der Waals surface area contributed by atoms with Crippen molar-refractivity contribution in [3.05, 3.63) is 92.0 Å². The van der Waals surface area contributed by atoms with Crippen LogP contribution < -0.4 is 21.9 Å². The summed E-state index contributed by atoms with van der Waals surface area (Å²) in [6, 6.07) is 15.0. The lowest BCUT2D eigenvalue weighted by molar-refractivity contribution is -0.136. The number of H-pyrrole nitrogens is 2. The summed E-state index contributed by atoms with van der Waals surface area (Å²) >= 11 is 0. The average molecular weight is 402 g/mol. The number of nitrogens with zero attached hydrogens (tertiary/aromatic N) is 1. The zero-order valence-electron chi connectivity index (χ0n) is 16.6. The number of nitrogens with two attached hydrogens (primary N) is 1. The number of rotatable bonds is 6. The number of aromatic amines is 2. The number of hydrogen-bond donors (Lipinski definition) is 3. The second-order valence-electron chi connectivity index (χ2n) is 6.97. The van der Waals surface area contributed by atoms with Crippen LogP contribution in [0.4, 0.5) is 5.69 Å². The van der Waals surface area contributed by atoms with Gasteiger partial charge in [0.1, 0.15) is 0 Å². The number of para-hydroxylation sites is 1. The maximum atomic E-state index is 12.6. The lowest BCUT2D eigenvalue weighted by Gasteiger charge is -2.05. The minimum Gasteiger partial charge on any atom is -0.462 e. The van der Waals surface area contributed by atoms with Crippen molar-refractivity contribution in [3.63, 3.8) is 0 Å². The highest BCUT2D eigenvalue weighted by Crippen LogP contribution is 2.20. The number of aryl methyl sites for hydroxylation is 2. The number of anilines is 1. The van der Waals surface area contributed by atoms with Crippen LogP contribution in [0.15, 0.2) is 64.0 Å². The Labute approximate surface area is 172 Å². The number of nitrogen functional groups attached to an aromatic ring is 1. The first-order chi connectivity index (χ1) is 14.6. The van der Waals surface area contributed by atoms with Gasteiger partial charge < -0.3 is 15.6 Å². The van der Waals surface area contributed by atoms with Gasteiger partial charge in [-0.15, -0.1) is 0 Å². The maximum absolute atomic E-state index is 12.6. The van der Waals surface area contributed by atoms with Crippen molar-refractivity contribution >= 4 is 23.3 Å². The Morgan fingerprint density at radius 1 is 1.10 bits per heavy atom. The van der Waals surface area contributed by atoms with Crippen molar-refractivity contribution in [2.24, 2.45) is 4.99 Å². The molecule has 0 spiro atoms. The molecule has 0 radical (unpaired) electrons. The molecule has 7 nitrogen and oxygen atoms in total. The lowest BCUT2D eigenvalue weighted by atomic mass is 10.0. The van der Waals surface area contributed by atoms with E-state index in [1.807, 2.05) is 48.5 Å². The number of carbonyl (C=O) groups excluding carboxylic acids is 1. The molecular formula is C23H22N4O3. The van der Waals surface area contributed by atoms with E-state index in [1.165, 1.54) is 0 Å². The summed E-state index contributed by atoms with van der Waals surface area (Å²) in [5.41, 5.74) is 9.30. The molecule has 0 amide bonds. The second-order valence-corrected chi connectivity index (χ2v) is 6.97. The first-order valence-corrected chi connectivity index (χ1v) is 9.78. The third-order valence-electron chi connectivity index (χ3n) is 4.97. The first-order valence-electron chi connectivity index (χ1n) is 9.78. The molecule has 0 unspecified atom stereocenters. The van der Waals surface area contributed by atoms with Crippen molar-refractivity contribution in [1.29, 1.82) is 0 Å². The number of fused-ring (bicyclic) bond motifs is 1. The average Bonchev–Trinajstić information content (AvgIpc) is 3.28. The zero-order chi connectivity index (χ0) is 21.1. The summed E-state index contributed by atoms with van der Waals surface area (Å²) in [4.78, 5) is 29.6. The number of aromatic nitrogens is 2. The van der Waals surface area contributed by atoms with Crippen LogP contribution in [-0.4, -0.2) is 22.8 Å². The third kappa shape index (κ3) is 3.82. The van der Waals surface area contributed by atoms with Gasteiger partial charge in [-0.25, -0.2) is 9.79 Å². The summed E-state index contributed by atoms with van der Waals surface area (Å²) in [6.45, 7) is 2.02. The predicted octanol–water partition coefficient (Wildman–Crippen LogP) is 1.46. The summed E-state index contributed by atoms with van der Waals surface area (Å²) in [6.07, 6.45) is 3.00. The van der Waals surface area contributed by atoms with Crippen molar-refractivity contribution in [2.75, 3.05) is 12.3 Å². The normalized spacial score (nSPS) is 13.9. The van der Waals surface area contributed by atoms with Gasteiger partial charge in [0.2, 0.25) is 0 Å². The van der Waals surface area contributed by atoms with Crippen LogP contribution in [0, 0.1) is 0 Å². The number of esters is 1. The van der Waals surface area contributed by atoms with Gasteiger partial charge in [0.05, 0.1) is 28.8 Å². The van der Waals surface area contributed by atoms with Crippen molar-refractivity contribution in [1.82, 2.24) is 10.2 Å². The number of carbonyl (C=O) groups is 1. The van der Waals surface area contributed by atoms with Crippen LogP contribution in [0.25, 0.3) is 11.6 Å². The highest BCUT2D eigenvalue weighted by atomic mass is 16.5. The monoisotopic (exact) mass is 402 g/mol. The first kappa shape index (κ1) is 19.4. The Kier molecular flexibility index (Phi) is 5.34.